The van der Waals surface area contributed by atoms with E-state index in [1.165, 1.54) is 0 Å². The van der Waals surface area contributed by atoms with Gasteiger partial charge in [0.1, 0.15) is 5.65 Å². The Hall–Kier alpha value is -3.42. The molecule has 3 aromatic heterocycles. The SMILES string of the molecule is Cl.NC1CCCN(c2c(-c3ccccc3)cnc3[nH]cc(NC(=O)c4cccnc4)c23)C1. The van der Waals surface area contributed by atoms with Crippen molar-refractivity contribution < 1.29 is 4.79 Å². The van der Waals surface area contributed by atoms with Crippen molar-refractivity contribution in [3.8, 4) is 11.1 Å². The lowest BCUT2D eigenvalue weighted by Gasteiger charge is -2.34. The number of pyridine rings is 2. The molecule has 32 heavy (non-hydrogen) atoms. The molecule has 0 spiro atoms. The lowest BCUT2D eigenvalue weighted by Crippen LogP contribution is -2.43. The van der Waals surface area contributed by atoms with Crippen molar-refractivity contribution >= 4 is 40.7 Å². The molecule has 5 rings (SSSR count). The zero-order valence-corrected chi connectivity index (χ0v) is 18.3. The second-order valence-electron chi connectivity index (χ2n) is 7.86. The van der Waals surface area contributed by atoms with Crippen LogP contribution in [0.15, 0.2) is 67.3 Å². The van der Waals surface area contributed by atoms with Crippen LogP contribution in [0.1, 0.15) is 23.2 Å². The van der Waals surface area contributed by atoms with E-state index in [1.54, 1.807) is 30.7 Å². The third-order valence-electron chi connectivity index (χ3n) is 5.70. The van der Waals surface area contributed by atoms with Crippen LogP contribution in [-0.2, 0) is 0 Å². The highest BCUT2D eigenvalue weighted by Crippen LogP contribution is 2.41. The Morgan fingerprint density at radius 1 is 1.16 bits per heavy atom. The van der Waals surface area contributed by atoms with E-state index < -0.39 is 0 Å². The van der Waals surface area contributed by atoms with E-state index in [0.717, 1.165) is 53.8 Å². The summed E-state index contributed by atoms with van der Waals surface area (Å²) < 4.78 is 0. The number of nitrogens with one attached hydrogen (secondary N) is 2. The summed E-state index contributed by atoms with van der Waals surface area (Å²) in [6, 6.07) is 13.8. The third kappa shape index (κ3) is 4.17. The summed E-state index contributed by atoms with van der Waals surface area (Å²) in [5.41, 5.74) is 11.4. The van der Waals surface area contributed by atoms with E-state index >= 15 is 0 Å². The Morgan fingerprint density at radius 3 is 2.75 bits per heavy atom. The second-order valence-corrected chi connectivity index (χ2v) is 7.86. The molecular formula is C24H25ClN6O. The van der Waals surface area contributed by atoms with E-state index in [1.807, 2.05) is 24.4 Å². The molecule has 0 bridgehead atoms. The van der Waals surface area contributed by atoms with Gasteiger partial charge in [0.2, 0.25) is 0 Å². The summed E-state index contributed by atoms with van der Waals surface area (Å²) in [6.45, 7) is 1.67. The molecule has 1 amide bonds. The normalized spacial score (nSPS) is 15.9. The molecule has 4 aromatic rings. The predicted molar refractivity (Wildman–Crippen MR) is 130 cm³/mol. The van der Waals surface area contributed by atoms with Gasteiger partial charge in [-0.25, -0.2) is 4.98 Å². The fourth-order valence-corrected chi connectivity index (χ4v) is 4.24. The van der Waals surface area contributed by atoms with Gasteiger partial charge in [0.15, 0.2) is 0 Å². The summed E-state index contributed by atoms with van der Waals surface area (Å²) in [6.07, 6.45) is 8.95. The molecule has 8 heteroatoms. The van der Waals surface area contributed by atoms with E-state index in [2.05, 4.69) is 37.3 Å². The zero-order valence-electron chi connectivity index (χ0n) is 17.5. The van der Waals surface area contributed by atoms with Crippen LogP contribution in [0, 0.1) is 0 Å². The number of nitrogens with zero attached hydrogens (tertiary/aromatic N) is 3. The number of aromatic amines is 1. The summed E-state index contributed by atoms with van der Waals surface area (Å²) in [5, 5.41) is 3.94. The molecule has 1 saturated heterocycles. The van der Waals surface area contributed by atoms with E-state index in [4.69, 9.17) is 5.73 Å². The number of carbonyl (C=O) groups excluding carboxylic acids is 1. The molecule has 1 aliphatic rings. The Kier molecular flexibility index (Phi) is 6.39. The summed E-state index contributed by atoms with van der Waals surface area (Å²) in [7, 11) is 0. The molecule has 164 valence electrons. The van der Waals surface area contributed by atoms with Gasteiger partial charge in [-0.2, -0.15) is 0 Å². The van der Waals surface area contributed by atoms with Crippen LogP contribution in [0.4, 0.5) is 11.4 Å². The smallest absolute Gasteiger partial charge is 0.257 e. The summed E-state index contributed by atoms with van der Waals surface area (Å²) in [4.78, 5) is 27.1. The number of fused-ring (bicyclic) bond motifs is 1. The summed E-state index contributed by atoms with van der Waals surface area (Å²) in [5.74, 6) is -0.208. The molecule has 1 aromatic carbocycles. The molecular weight excluding hydrogens is 424 g/mol. The quantitative estimate of drug-likeness (QED) is 0.434. The van der Waals surface area contributed by atoms with Gasteiger partial charge >= 0.3 is 0 Å². The van der Waals surface area contributed by atoms with Gasteiger partial charge in [-0.3, -0.25) is 9.78 Å². The first-order valence-electron chi connectivity index (χ1n) is 10.5. The largest absolute Gasteiger partial charge is 0.369 e. The molecule has 1 fully saturated rings. The molecule has 0 saturated carbocycles. The Balaban J connectivity index is 0.00000245. The van der Waals surface area contributed by atoms with E-state index in [-0.39, 0.29) is 24.4 Å². The fourth-order valence-electron chi connectivity index (χ4n) is 4.24. The van der Waals surface area contributed by atoms with Gasteiger partial charge < -0.3 is 20.9 Å². The van der Waals surface area contributed by atoms with Crippen molar-refractivity contribution in [2.75, 3.05) is 23.3 Å². The minimum atomic E-state index is -0.208. The topological polar surface area (TPSA) is 99.9 Å². The monoisotopic (exact) mass is 448 g/mol. The van der Waals surface area contributed by atoms with Crippen molar-refractivity contribution in [1.82, 2.24) is 15.0 Å². The molecule has 1 unspecified atom stereocenters. The van der Waals surface area contributed by atoms with Crippen molar-refractivity contribution in [1.29, 1.82) is 0 Å². The fraction of sp³-hybridized carbons (Fsp3) is 0.208. The minimum Gasteiger partial charge on any atom is -0.369 e. The van der Waals surface area contributed by atoms with Crippen LogP contribution in [0.3, 0.4) is 0 Å². The first kappa shape index (κ1) is 21.8. The molecule has 0 aliphatic carbocycles. The molecule has 0 radical (unpaired) electrons. The van der Waals surface area contributed by atoms with Gasteiger partial charge in [-0.1, -0.05) is 30.3 Å². The highest BCUT2D eigenvalue weighted by Gasteiger charge is 2.25. The van der Waals surface area contributed by atoms with Gasteiger partial charge in [0, 0.05) is 49.5 Å². The van der Waals surface area contributed by atoms with E-state index in [9.17, 15) is 4.79 Å². The van der Waals surface area contributed by atoms with Gasteiger partial charge in [-0.15, -0.1) is 12.4 Å². The Morgan fingerprint density at radius 2 is 2.00 bits per heavy atom. The van der Waals surface area contributed by atoms with Gasteiger partial charge in [0.25, 0.3) is 5.91 Å². The van der Waals surface area contributed by atoms with Crippen LogP contribution >= 0.6 is 12.4 Å². The van der Waals surface area contributed by atoms with Crippen LogP contribution in [0.2, 0.25) is 0 Å². The first-order chi connectivity index (χ1) is 15.2. The van der Waals surface area contributed by atoms with Crippen molar-refractivity contribution in [2.24, 2.45) is 5.73 Å². The number of anilines is 2. The molecule has 7 nitrogen and oxygen atoms in total. The maximum Gasteiger partial charge on any atom is 0.257 e. The number of hydrogen-bond donors (Lipinski definition) is 3. The van der Waals surface area contributed by atoms with Crippen LogP contribution in [0.25, 0.3) is 22.2 Å². The minimum absolute atomic E-state index is 0. The molecule has 1 atom stereocenters. The van der Waals surface area contributed by atoms with Crippen molar-refractivity contribution in [3.05, 3.63) is 72.8 Å². The third-order valence-corrected chi connectivity index (χ3v) is 5.70. The lowest BCUT2D eigenvalue weighted by molar-refractivity contribution is 0.102. The Bertz CT molecular complexity index is 1210. The number of rotatable bonds is 4. The van der Waals surface area contributed by atoms with Crippen LogP contribution < -0.4 is 16.0 Å². The number of aromatic nitrogens is 3. The average Bonchev–Trinajstić information content (AvgIpc) is 3.22. The number of H-pyrrole nitrogens is 1. The van der Waals surface area contributed by atoms with E-state index in [0.29, 0.717) is 11.3 Å². The van der Waals surface area contributed by atoms with Crippen molar-refractivity contribution in [3.63, 3.8) is 0 Å². The highest BCUT2D eigenvalue weighted by atomic mass is 35.5. The molecule has 4 heterocycles. The Labute approximate surface area is 192 Å². The zero-order chi connectivity index (χ0) is 21.2. The predicted octanol–water partition coefficient (Wildman–Crippen LogP) is 4.23. The second kappa shape index (κ2) is 9.38. The number of hydrogen-bond acceptors (Lipinski definition) is 5. The lowest BCUT2D eigenvalue weighted by atomic mass is 9.99. The number of halogens is 1. The number of nitrogens with two attached hydrogens (primary N) is 1. The van der Waals surface area contributed by atoms with Gasteiger partial charge in [-0.05, 0) is 30.5 Å². The maximum absolute atomic E-state index is 12.8. The number of benzene rings is 1. The standard InChI is InChI=1S/C24H24N6O.ClH/c25-18-9-5-11-30(15-18)22-19(16-6-2-1-3-7-16)13-27-23-21(22)20(14-28-23)29-24(31)17-8-4-10-26-12-17;/h1-4,6-8,10,12-14,18H,5,9,11,15,25H2,(H,27,28)(H,29,31);1H. The number of carbonyl (C=O) groups is 1. The van der Waals surface area contributed by atoms with Crippen LogP contribution in [0.5, 0.6) is 0 Å². The molecule has 1 aliphatic heterocycles. The maximum atomic E-state index is 12.8. The average molecular weight is 449 g/mol. The van der Waals surface area contributed by atoms with Gasteiger partial charge in [0.05, 0.1) is 22.3 Å². The number of amides is 1. The highest BCUT2D eigenvalue weighted by molar-refractivity contribution is 6.13. The molecule has 4 N–H and O–H groups in total. The number of piperidine rings is 1. The summed E-state index contributed by atoms with van der Waals surface area (Å²) >= 11 is 0. The van der Waals surface area contributed by atoms with Crippen molar-refractivity contribution in [2.45, 2.75) is 18.9 Å². The van der Waals surface area contributed by atoms with Crippen LogP contribution in [-0.4, -0.2) is 40.0 Å². The first-order valence-corrected chi connectivity index (χ1v) is 10.5.